The Bertz CT molecular complexity index is 1070. The molecule has 0 saturated heterocycles. The van der Waals surface area contributed by atoms with E-state index >= 15 is 0 Å². The first kappa shape index (κ1) is 32.9. The van der Waals surface area contributed by atoms with Gasteiger partial charge in [-0.2, -0.15) is 0 Å². The van der Waals surface area contributed by atoms with Crippen molar-refractivity contribution in [1.82, 2.24) is 15.5 Å². The second-order valence-corrected chi connectivity index (χ2v) is 11.5. The number of aryl methyl sites for hydroxylation is 2. The van der Waals surface area contributed by atoms with Gasteiger partial charge >= 0.3 is 6.09 Å². The molecule has 7 heteroatoms. The Hall–Kier alpha value is -3.35. The lowest BCUT2D eigenvalue weighted by Gasteiger charge is -2.36. The van der Waals surface area contributed by atoms with Crippen LogP contribution >= 0.6 is 0 Å². The number of amides is 3. The van der Waals surface area contributed by atoms with E-state index < -0.39 is 23.8 Å². The molecule has 0 aliphatic carbocycles. The highest BCUT2D eigenvalue weighted by Gasteiger charge is 2.37. The quantitative estimate of drug-likeness (QED) is 0.265. The van der Waals surface area contributed by atoms with Gasteiger partial charge in [0.15, 0.2) is 0 Å². The number of benzene rings is 2. The van der Waals surface area contributed by atoms with Crippen LogP contribution in [-0.2, 0) is 20.7 Å². The first-order valence-corrected chi connectivity index (χ1v) is 14.7. The number of ether oxygens (including phenoxy) is 1. The smallest absolute Gasteiger partial charge is 0.408 e. The molecule has 0 bridgehead atoms. The van der Waals surface area contributed by atoms with Crippen LogP contribution in [-0.4, -0.2) is 47.5 Å². The molecule has 0 spiro atoms. The average molecular weight is 552 g/mol. The number of rotatable bonds is 14. The van der Waals surface area contributed by atoms with Crippen molar-refractivity contribution in [2.24, 2.45) is 0 Å². The first-order chi connectivity index (χ1) is 19.0. The van der Waals surface area contributed by atoms with Gasteiger partial charge in [0, 0.05) is 19.5 Å². The second-order valence-electron chi connectivity index (χ2n) is 11.5. The summed E-state index contributed by atoms with van der Waals surface area (Å²) in [6.07, 6.45) is 4.14. The number of carbonyl (C=O) groups excluding carboxylic acids is 3. The molecule has 2 N–H and O–H groups in total. The van der Waals surface area contributed by atoms with Crippen molar-refractivity contribution in [3.05, 3.63) is 70.8 Å². The van der Waals surface area contributed by atoms with E-state index in [9.17, 15) is 14.4 Å². The van der Waals surface area contributed by atoms with Gasteiger partial charge in [0.05, 0.1) is 0 Å². The number of carbonyl (C=O) groups is 3. The first-order valence-electron chi connectivity index (χ1n) is 14.7. The maximum absolute atomic E-state index is 14.4. The third-order valence-corrected chi connectivity index (χ3v) is 6.76. The zero-order valence-electron chi connectivity index (χ0n) is 25.5. The highest BCUT2D eigenvalue weighted by atomic mass is 16.6. The molecule has 2 atom stereocenters. The fourth-order valence-corrected chi connectivity index (χ4v) is 4.77. The predicted molar refractivity (Wildman–Crippen MR) is 161 cm³/mol. The third-order valence-electron chi connectivity index (χ3n) is 6.76. The second kappa shape index (κ2) is 16.0. The summed E-state index contributed by atoms with van der Waals surface area (Å²) in [7, 11) is 0. The minimum absolute atomic E-state index is 0.200. The number of alkyl carbamates (subject to hydrolysis) is 1. The van der Waals surface area contributed by atoms with Gasteiger partial charge in [0.2, 0.25) is 11.8 Å². The molecule has 2 aromatic carbocycles. The maximum Gasteiger partial charge on any atom is 0.408 e. The topological polar surface area (TPSA) is 87.7 Å². The van der Waals surface area contributed by atoms with Crippen LogP contribution in [0.15, 0.2) is 48.5 Å². The van der Waals surface area contributed by atoms with Crippen LogP contribution in [0.2, 0.25) is 0 Å². The van der Waals surface area contributed by atoms with Gasteiger partial charge < -0.3 is 20.3 Å². The molecular weight excluding hydrogens is 502 g/mol. The van der Waals surface area contributed by atoms with E-state index in [4.69, 9.17) is 4.74 Å². The Morgan fingerprint density at radius 3 is 2.08 bits per heavy atom. The third kappa shape index (κ3) is 10.3. The fraction of sp³-hybridized carbons (Fsp3) is 0.545. The number of unbranched alkanes of at least 4 members (excludes halogenated alkanes) is 3. The lowest BCUT2D eigenvalue weighted by Crippen LogP contribution is -2.54. The molecule has 0 aromatic heterocycles. The van der Waals surface area contributed by atoms with Crippen molar-refractivity contribution in [2.45, 2.75) is 105 Å². The average Bonchev–Trinajstić information content (AvgIpc) is 2.89. The van der Waals surface area contributed by atoms with Gasteiger partial charge in [-0.25, -0.2) is 4.79 Å². The Morgan fingerprint density at radius 1 is 0.875 bits per heavy atom. The van der Waals surface area contributed by atoms with Crippen LogP contribution in [0, 0.1) is 13.8 Å². The van der Waals surface area contributed by atoms with E-state index in [2.05, 4.69) is 24.5 Å². The van der Waals surface area contributed by atoms with Crippen LogP contribution in [0.3, 0.4) is 0 Å². The predicted octanol–water partition coefficient (Wildman–Crippen LogP) is 6.42. The summed E-state index contributed by atoms with van der Waals surface area (Å²) in [6.45, 7) is 14.4. The van der Waals surface area contributed by atoms with Gasteiger partial charge in [-0.1, -0.05) is 81.6 Å². The number of hydrogen-bond acceptors (Lipinski definition) is 4. The molecule has 2 unspecified atom stereocenters. The van der Waals surface area contributed by atoms with Crippen molar-refractivity contribution in [3.8, 4) is 0 Å². The lowest BCUT2D eigenvalue weighted by molar-refractivity contribution is -0.142. The Labute approximate surface area is 241 Å². The summed E-state index contributed by atoms with van der Waals surface area (Å²) in [6, 6.07) is 13.8. The summed E-state index contributed by atoms with van der Waals surface area (Å²) in [5, 5.41) is 5.93. The zero-order chi connectivity index (χ0) is 29.7. The largest absolute Gasteiger partial charge is 0.444 e. The number of nitrogens with one attached hydrogen (secondary N) is 2. The SMILES string of the molecule is CCCCCNC(=O)C(c1c(C)cccc1C)N(CCCC)C(=O)C(Cc1ccccc1)NC(=O)OC(C)(C)C. The molecule has 0 heterocycles. The molecular formula is C33H49N3O4. The molecule has 2 rings (SSSR count). The summed E-state index contributed by atoms with van der Waals surface area (Å²) in [5.41, 5.74) is 2.91. The molecule has 0 aliphatic rings. The van der Waals surface area contributed by atoms with Gasteiger partial charge in [0.25, 0.3) is 0 Å². The zero-order valence-corrected chi connectivity index (χ0v) is 25.5. The highest BCUT2D eigenvalue weighted by molar-refractivity contribution is 5.92. The molecule has 0 saturated carbocycles. The summed E-state index contributed by atoms with van der Waals surface area (Å²) < 4.78 is 5.52. The van der Waals surface area contributed by atoms with Crippen LogP contribution in [0.4, 0.5) is 4.79 Å². The summed E-state index contributed by atoms with van der Waals surface area (Å²) >= 11 is 0. The standard InChI is InChI=1S/C33H49N3O4/c1-8-10-15-21-34-30(37)29(28-24(3)17-16-18-25(28)4)36(22-11-9-2)31(38)27(23-26-19-13-12-14-20-26)35-32(39)40-33(5,6)7/h12-14,16-20,27,29H,8-11,15,21-23H2,1-7H3,(H,34,37)(H,35,39). The Kier molecular flexibility index (Phi) is 13.2. The van der Waals surface area contributed by atoms with Gasteiger partial charge in [-0.05, 0) is 69.7 Å². The van der Waals surface area contributed by atoms with Gasteiger partial charge in [-0.15, -0.1) is 0 Å². The molecule has 0 aliphatic heterocycles. The minimum atomic E-state index is -0.908. The Balaban J connectivity index is 2.55. The van der Waals surface area contributed by atoms with E-state index in [0.29, 0.717) is 13.1 Å². The van der Waals surface area contributed by atoms with Crippen molar-refractivity contribution in [2.75, 3.05) is 13.1 Å². The van der Waals surface area contributed by atoms with Crippen molar-refractivity contribution in [1.29, 1.82) is 0 Å². The van der Waals surface area contributed by atoms with E-state index in [1.165, 1.54) is 0 Å². The molecule has 220 valence electrons. The maximum atomic E-state index is 14.4. The van der Waals surface area contributed by atoms with Gasteiger partial charge in [-0.3, -0.25) is 9.59 Å². The number of hydrogen-bond donors (Lipinski definition) is 2. The number of nitrogens with zero attached hydrogens (tertiary/aromatic N) is 1. The van der Waals surface area contributed by atoms with Gasteiger partial charge in [0.1, 0.15) is 17.7 Å². The summed E-state index contributed by atoms with van der Waals surface area (Å²) in [4.78, 5) is 42.9. The van der Waals surface area contributed by atoms with Crippen LogP contribution in [0.1, 0.15) is 95.0 Å². The fourth-order valence-electron chi connectivity index (χ4n) is 4.77. The minimum Gasteiger partial charge on any atom is -0.444 e. The van der Waals surface area contributed by atoms with Crippen molar-refractivity contribution >= 4 is 17.9 Å². The van der Waals surface area contributed by atoms with E-state index in [1.807, 2.05) is 62.4 Å². The lowest BCUT2D eigenvalue weighted by atomic mass is 9.93. The highest BCUT2D eigenvalue weighted by Crippen LogP contribution is 2.29. The molecule has 0 radical (unpaired) electrons. The molecule has 40 heavy (non-hydrogen) atoms. The monoisotopic (exact) mass is 551 g/mol. The van der Waals surface area contributed by atoms with E-state index in [-0.39, 0.29) is 18.2 Å². The van der Waals surface area contributed by atoms with Crippen molar-refractivity contribution in [3.63, 3.8) is 0 Å². The molecule has 2 aromatic rings. The molecule has 3 amide bonds. The van der Waals surface area contributed by atoms with Crippen molar-refractivity contribution < 1.29 is 19.1 Å². The van der Waals surface area contributed by atoms with E-state index in [0.717, 1.165) is 54.4 Å². The normalized spacial score (nSPS) is 12.8. The molecule has 7 nitrogen and oxygen atoms in total. The van der Waals surface area contributed by atoms with Crippen LogP contribution in [0.5, 0.6) is 0 Å². The molecule has 0 fully saturated rings. The Morgan fingerprint density at radius 2 is 1.50 bits per heavy atom. The summed E-state index contributed by atoms with van der Waals surface area (Å²) in [5.74, 6) is -0.506. The van der Waals surface area contributed by atoms with Crippen LogP contribution in [0.25, 0.3) is 0 Å². The van der Waals surface area contributed by atoms with Crippen LogP contribution < -0.4 is 10.6 Å². The van der Waals surface area contributed by atoms with E-state index in [1.54, 1.807) is 25.7 Å².